The summed E-state index contributed by atoms with van der Waals surface area (Å²) in [6.45, 7) is 0. The van der Waals surface area contributed by atoms with Crippen LogP contribution in [-0.2, 0) is 6.42 Å². The Morgan fingerprint density at radius 3 is 2.75 bits per heavy atom. The van der Waals surface area contributed by atoms with Gasteiger partial charge in [0.2, 0.25) is 0 Å². The Bertz CT molecular complexity index is 754. The molecule has 1 aromatic carbocycles. The molecule has 0 saturated heterocycles. The molecule has 0 unspecified atom stereocenters. The van der Waals surface area contributed by atoms with Gasteiger partial charge in [0.15, 0.2) is 5.82 Å². The fourth-order valence-electron chi connectivity index (χ4n) is 1.76. The van der Waals surface area contributed by atoms with Gasteiger partial charge in [0, 0.05) is 6.42 Å². The molecule has 0 aliphatic carbocycles. The molecule has 2 aromatic heterocycles. The van der Waals surface area contributed by atoms with Gasteiger partial charge in [-0.3, -0.25) is 0 Å². The minimum Gasteiger partial charge on any atom is -0.390 e. The number of hydrogen-bond acceptors (Lipinski definition) is 5. The Balaban J connectivity index is 1.84. The van der Waals surface area contributed by atoms with Crippen molar-refractivity contribution in [3.63, 3.8) is 0 Å². The van der Waals surface area contributed by atoms with E-state index in [1.165, 1.54) is 11.3 Å². The van der Waals surface area contributed by atoms with E-state index in [1.54, 1.807) is 12.1 Å². The zero-order valence-corrected chi connectivity index (χ0v) is 12.5. The lowest BCUT2D eigenvalue weighted by Gasteiger charge is -1.99. The van der Waals surface area contributed by atoms with E-state index in [-0.39, 0.29) is 0 Å². The van der Waals surface area contributed by atoms with Crippen LogP contribution in [0.2, 0.25) is 10.0 Å². The Morgan fingerprint density at radius 1 is 1.20 bits per heavy atom. The van der Waals surface area contributed by atoms with E-state index >= 15 is 0 Å². The highest BCUT2D eigenvalue weighted by atomic mass is 35.5. The molecule has 102 valence electrons. The Morgan fingerprint density at radius 2 is 2.05 bits per heavy atom. The largest absolute Gasteiger partial charge is 0.390 e. The van der Waals surface area contributed by atoms with Crippen molar-refractivity contribution in [2.24, 2.45) is 0 Å². The summed E-state index contributed by atoms with van der Waals surface area (Å²) in [4.78, 5) is 4.33. The average Bonchev–Trinajstić information content (AvgIpc) is 3.03. The zero-order valence-electron chi connectivity index (χ0n) is 10.1. The van der Waals surface area contributed by atoms with Crippen molar-refractivity contribution >= 4 is 39.5 Å². The third-order valence-corrected chi connectivity index (χ3v) is 4.22. The van der Waals surface area contributed by atoms with Crippen LogP contribution >= 0.6 is 34.5 Å². The predicted molar refractivity (Wildman–Crippen MR) is 81.3 cm³/mol. The van der Waals surface area contributed by atoms with E-state index in [1.807, 2.05) is 17.5 Å². The Labute approximate surface area is 129 Å². The fourth-order valence-corrected chi connectivity index (χ4v) is 2.72. The highest BCUT2D eigenvalue weighted by Crippen LogP contribution is 2.29. The normalized spacial score (nSPS) is 10.9. The van der Waals surface area contributed by atoms with Gasteiger partial charge in [0.25, 0.3) is 5.89 Å². The minimum atomic E-state index is 0.429. The molecule has 0 aliphatic heterocycles. The van der Waals surface area contributed by atoms with Gasteiger partial charge in [-0.05, 0) is 29.1 Å². The van der Waals surface area contributed by atoms with Crippen molar-refractivity contribution < 1.29 is 4.52 Å². The number of aromatic nitrogens is 2. The number of nitrogens with two attached hydrogens (primary N) is 1. The lowest BCUT2D eigenvalue weighted by Crippen LogP contribution is -1.91. The molecule has 2 N–H and O–H groups in total. The number of hydrogen-bond donors (Lipinski definition) is 1. The van der Waals surface area contributed by atoms with Crippen molar-refractivity contribution in [2.75, 3.05) is 5.73 Å². The van der Waals surface area contributed by atoms with E-state index in [4.69, 9.17) is 33.5 Å². The third-order valence-electron chi connectivity index (χ3n) is 2.74. The standard InChI is InChI=1S/C13H9Cl2N3OS/c14-9-2-1-7(5-10(9)15)6-11-17-13(19-18-11)8-3-4-20-12(8)16/h1-5H,6,16H2. The highest BCUT2D eigenvalue weighted by Gasteiger charge is 2.13. The van der Waals surface area contributed by atoms with Crippen LogP contribution in [-0.4, -0.2) is 10.1 Å². The second-order valence-electron chi connectivity index (χ2n) is 4.14. The van der Waals surface area contributed by atoms with Crippen molar-refractivity contribution in [2.45, 2.75) is 6.42 Å². The maximum atomic E-state index is 5.98. The quantitative estimate of drug-likeness (QED) is 0.780. The Kier molecular flexibility index (Phi) is 3.65. The van der Waals surface area contributed by atoms with Gasteiger partial charge < -0.3 is 10.3 Å². The van der Waals surface area contributed by atoms with Gasteiger partial charge >= 0.3 is 0 Å². The molecular formula is C13H9Cl2N3OS. The second-order valence-corrected chi connectivity index (χ2v) is 5.90. The third kappa shape index (κ3) is 2.65. The number of halogens is 2. The van der Waals surface area contributed by atoms with Gasteiger partial charge in [-0.2, -0.15) is 4.98 Å². The molecule has 0 bridgehead atoms. The van der Waals surface area contributed by atoms with Crippen LogP contribution in [0, 0.1) is 0 Å². The number of rotatable bonds is 3. The first-order valence-electron chi connectivity index (χ1n) is 5.73. The first-order chi connectivity index (χ1) is 9.63. The lowest BCUT2D eigenvalue weighted by atomic mass is 10.1. The number of thiophene rings is 1. The molecule has 20 heavy (non-hydrogen) atoms. The molecular weight excluding hydrogens is 317 g/mol. The van der Waals surface area contributed by atoms with Crippen molar-refractivity contribution in [3.8, 4) is 11.5 Å². The molecule has 0 atom stereocenters. The van der Waals surface area contributed by atoms with Crippen molar-refractivity contribution in [1.82, 2.24) is 10.1 Å². The molecule has 7 heteroatoms. The summed E-state index contributed by atoms with van der Waals surface area (Å²) < 4.78 is 5.22. The maximum absolute atomic E-state index is 5.98. The summed E-state index contributed by atoms with van der Waals surface area (Å²) >= 11 is 13.3. The second kappa shape index (κ2) is 5.44. The summed E-state index contributed by atoms with van der Waals surface area (Å²) in [5, 5.41) is 7.52. The van der Waals surface area contributed by atoms with Crippen molar-refractivity contribution in [3.05, 3.63) is 51.1 Å². The summed E-state index contributed by atoms with van der Waals surface area (Å²) in [5.41, 5.74) is 7.56. The van der Waals surface area contributed by atoms with E-state index in [0.29, 0.717) is 33.2 Å². The predicted octanol–water partition coefficient (Wildman–Crippen LogP) is 4.28. The molecule has 0 spiro atoms. The molecule has 0 fully saturated rings. The van der Waals surface area contributed by atoms with Gasteiger partial charge in [-0.1, -0.05) is 34.4 Å². The smallest absolute Gasteiger partial charge is 0.260 e. The van der Waals surface area contributed by atoms with Gasteiger partial charge in [-0.25, -0.2) is 0 Å². The zero-order chi connectivity index (χ0) is 14.1. The molecule has 0 aliphatic rings. The average molecular weight is 326 g/mol. The topological polar surface area (TPSA) is 64.9 Å². The van der Waals surface area contributed by atoms with E-state index < -0.39 is 0 Å². The molecule has 2 heterocycles. The molecule has 3 aromatic rings. The molecule has 0 saturated carbocycles. The molecule has 4 nitrogen and oxygen atoms in total. The van der Waals surface area contributed by atoms with Crippen LogP contribution in [0.4, 0.5) is 5.00 Å². The lowest BCUT2D eigenvalue weighted by molar-refractivity contribution is 0.424. The van der Waals surface area contributed by atoms with Crippen LogP contribution in [0.25, 0.3) is 11.5 Å². The van der Waals surface area contributed by atoms with Gasteiger partial charge in [0.05, 0.1) is 20.6 Å². The monoisotopic (exact) mass is 325 g/mol. The van der Waals surface area contributed by atoms with Crippen LogP contribution in [0.15, 0.2) is 34.2 Å². The van der Waals surface area contributed by atoms with Crippen LogP contribution in [0.1, 0.15) is 11.4 Å². The number of nitrogen functional groups attached to an aromatic ring is 1. The summed E-state index contributed by atoms with van der Waals surface area (Å²) in [7, 11) is 0. The number of benzene rings is 1. The minimum absolute atomic E-state index is 0.429. The summed E-state index contributed by atoms with van der Waals surface area (Å²) in [5.74, 6) is 1.00. The first-order valence-corrected chi connectivity index (χ1v) is 7.37. The van der Waals surface area contributed by atoms with Crippen LogP contribution in [0.5, 0.6) is 0 Å². The molecule has 3 rings (SSSR count). The maximum Gasteiger partial charge on any atom is 0.260 e. The Hall–Kier alpha value is -1.56. The molecule has 0 radical (unpaired) electrons. The first kappa shape index (κ1) is 13.4. The van der Waals surface area contributed by atoms with Crippen molar-refractivity contribution in [1.29, 1.82) is 0 Å². The summed E-state index contributed by atoms with van der Waals surface area (Å²) in [6, 6.07) is 7.27. The summed E-state index contributed by atoms with van der Waals surface area (Å²) in [6.07, 6.45) is 0.518. The number of nitrogens with zero attached hydrogens (tertiary/aromatic N) is 2. The van der Waals surface area contributed by atoms with E-state index in [0.717, 1.165) is 11.1 Å². The molecule has 0 amide bonds. The fraction of sp³-hybridized carbons (Fsp3) is 0.0769. The van der Waals surface area contributed by atoms with Gasteiger partial charge in [-0.15, -0.1) is 11.3 Å². The number of anilines is 1. The van der Waals surface area contributed by atoms with E-state index in [9.17, 15) is 0 Å². The van der Waals surface area contributed by atoms with Gasteiger partial charge in [0.1, 0.15) is 0 Å². The van der Waals surface area contributed by atoms with E-state index in [2.05, 4.69) is 10.1 Å². The SMILES string of the molecule is Nc1sccc1-c1nc(Cc2ccc(Cl)c(Cl)c2)no1. The highest BCUT2D eigenvalue weighted by molar-refractivity contribution is 7.14. The van der Waals surface area contributed by atoms with Crippen LogP contribution < -0.4 is 5.73 Å². The van der Waals surface area contributed by atoms with Crippen LogP contribution in [0.3, 0.4) is 0 Å².